The molecule has 0 spiro atoms. The molecule has 366 valence electrons. The molecule has 0 unspecified atom stereocenters. The molecule has 1 heteroatoms. The van der Waals surface area contributed by atoms with E-state index in [0.29, 0.717) is 5.92 Å². The van der Waals surface area contributed by atoms with Crippen LogP contribution in [0.15, 0.2) is 212 Å². The number of rotatable bonds is 8. The summed E-state index contributed by atoms with van der Waals surface area (Å²) in [5.41, 5.74) is 24.8. The fourth-order valence-corrected chi connectivity index (χ4v) is 9.96. The lowest BCUT2D eigenvalue weighted by atomic mass is 9.80. The molecule has 0 atom stereocenters. The highest BCUT2D eigenvalue weighted by molar-refractivity contribution is 5.91. The van der Waals surface area contributed by atoms with Gasteiger partial charge in [-0.25, -0.2) is 0 Å². The molecule has 10 rings (SSSR count). The minimum Gasteiger partial charge on any atom is -0.456 e. The summed E-state index contributed by atoms with van der Waals surface area (Å²) >= 11 is 0. The normalized spacial score (nSPS) is 12.6. The molecule has 2 aliphatic rings. The minimum atomic E-state index is 0.0406. The summed E-state index contributed by atoms with van der Waals surface area (Å²) in [6, 6.07) is 53.5. The summed E-state index contributed by atoms with van der Waals surface area (Å²) in [7, 11) is 0. The molecule has 1 aromatic heterocycles. The number of furan rings is 1. The van der Waals surface area contributed by atoms with Gasteiger partial charge in [-0.1, -0.05) is 254 Å². The molecule has 0 saturated heterocycles. The SMILES string of the molecule is C=C/C=C(\C=C)CC.C=Cc1c(C)cc2c(c1C=C)-c1ccc(C)cc1C2(C)C.CC(C)C1=CCCc2c1oc1ccccc21.Cc1ccc(-c2ccccc2)c(C)c1.Cc1ccccc1-c1ccccc1. The summed E-state index contributed by atoms with van der Waals surface area (Å²) in [6.45, 7) is 37.2. The first-order chi connectivity index (χ1) is 34.7. The van der Waals surface area contributed by atoms with E-state index < -0.39 is 0 Å². The van der Waals surface area contributed by atoms with E-state index in [0.717, 1.165) is 30.6 Å². The average molecular weight is 945 g/mol. The highest BCUT2D eigenvalue weighted by Gasteiger charge is 2.37. The fraction of sp³-hybridized carbons (Fsp3) is 0.211. The molecule has 0 fully saturated rings. The van der Waals surface area contributed by atoms with Gasteiger partial charge in [-0.15, -0.1) is 0 Å². The van der Waals surface area contributed by atoms with Gasteiger partial charge in [-0.2, -0.15) is 0 Å². The summed E-state index contributed by atoms with van der Waals surface area (Å²) in [6.07, 6.45) is 15.1. The van der Waals surface area contributed by atoms with Gasteiger partial charge in [-0.3, -0.25) is 0 Å². The van der Waals surface area contributed by atoms with Crippen molar-refractivity contribution in [1.29, 1.82) is 0 Å². The monoisotopic (exact) mass is 945 g/mol. The highest BCUT2D eigenvalue weighted by atomic mass is 16.3. The zero-order chi connectivity index (χ0) is 52.0. The van der Waals surface area contributed by atoms with Crippen LogP contribution in [0.4, 0.5) is 0 Å². The number of aryl methyl sites for hydroxylation is 6. The molecule has 7 aromatic carbocycles. The molecule has 1 nitrogen and oxygen atoms in total. The Kier molecular flexibility index (Phi) is 18.8. The van der Waals surface area contributed by atoms with E-state index in [4.69, 9.17) is 4.42 Å². The maximum atomic E-state index is 6.00. The van der Waals surface area contributed by atoms with Crippen LogP contribution in [-0.4, -0.2) is 0 Å². The molecule has 0 aliphatic heterocycles. The zero-order valence-electron chi connectivity index (χ0n) is 44.8. The molecule has 0 saturated carbocycles. The predicted molar refractivity (Wildman–Crippen MR) is 318 cm³/mol. The summed E-state index contributed by atoms with van der Waals surface area (Å²) < 4.78 is 6.00. The van der Waals surface area contributed by atoms with Gasteiger partial charge < -0.3 is 4.42 Å². The topological polar surface area (TPSA) is 13.1 Å². The summed E-state index contributed by atoms with van der Waals surface area (Å²) in [5, 5.41) is 1.30. The Hall–Kier alpha value is -7.48. The Bertz CT molecular complexity index is 3210. The number of hydrogen-bond donors (Lipinski definition) is 0. The van der Waals surface area contributed by atoms with Crippen LogP contribution in [0.3, 0.4) is 0 Å². The molecule has 2 aliphatic carbocycles. The second-order valence-corrected chi connectivity index (χ2v) is 19.7. The van der Waals surface area contributed by atoms with E-state index in [1.54, 1.807) is 6.08 Å². The molecular formula is C71H76O. The van der Waals surface area contributed by atoms with Crippen LogP contribution in [0.1, 0.15) is 109 Å². The number of hydrogen-bond acceptors (Lipinski definition) is 1. The van der Waals surface area contributed by atoms with Crippen molar-refractivity contribution in [2.24, 2.45) is 5.92 Å². The average Bonchev–Trinajstić information content (AvgIpc) is 3.87. The van der Waals surface area contributed by atoms with E-state index in [1.807, 2.05) is 42.5 Å². The van der Waals surface area contributed by atoms with Crippen LogP contribution in [0.2, 0.25) is 0 Å². The Morgan fingerprint density at radius 3 is 1.72 bits per heavy atom. The van der Waals surface area contributed by atoms with Crippen LogP contribution in [0.5, 0.6) is 0 Å². The molecular weight excluding hydrogens is 869 g/mol. The summed E-state index contributed by atoms with van der Waals surface area (Å²) in [5.74, 6) is 1.67. The minimum absolute atomic E-state index is 0.0406. The fourth-order valence-electron chi connectivity index (χ4n) is 9.96. The van der Waals surface area contributed by atoms with Gasteiger partial charge in [0, 0.05) is 16.4 Å². The smallest absolute Gasteiger partial charge is 0.135 e. The molecule has 0 radical (unpaired) electrons. The molecule has 1 heterocycles. The van der Waals surface area contributed by atoms with E-state index in [-0.39, 0.29) is 5.41 Å². The largest absolute Gasteiger partial charge is 0.456 e. The highest BCUT2D eigenvalue weighted by Crippen LogP contribution is 2.52. The van der Waals surface area contributed by atoms with Crippen molar-refractivity contribution in [2.45, 2.75) is 93.9 Å². The lowest BCUT2D eigenvalue weighted by Gasteiger charge is -2.23. The first kappa shape index (κ1) is 53.9. The van der Waals surface area contributed by atoms with Crippen molar-refractivity contribution in [1.82, 2.24) is 0 Å². The van der Waals surface area contributed by atoms with Crippen LogP contribution >= 0.6 is 0 Å². The Labute approximate surface area is 433 Å². The van der Waals surface area contributed by atoms with E-state index in [9.17, 15) is 0 Å². The van der Waals surface area contributed by atoms with Gasteiger partial charge in [0.2, 0.25) is 0 Å². The Morgan fingerprint density at radius 1 is 0.597 bits per heavy atom. The van der Waals surface area contributed by atoms with Crippen LogP contribution in [-0.2, 0) is 11.8 Å². The van der Waals surface area contributed by atoms with Crippen molar-refractivity contribution < 1.29 is 4.42 Å². The van der Waals surface area contributed by atoms with Crippen molar-refractivity contribution in [3.05, 3.63) is 269 Å². The molecule has 72 heavy (non-hydrogen) atoms. The molecule has 0 N–H and O–H groups in total. The quantitative estimate of drug-likeness (QED) is 0.138. The van der Waals surface area contributed by atoms with Crippen LogP contribution < -0.4 is 0 Å². The standard InChI is InChI=1S/C21H22.C15H16O.C14H14.C13H12.C8H12/c1-7-15-14(4)12-19-20(16(15)8-2)17-10-9-13(3)11-18(17)21(19,5)6;1-10(2)11-7-5-8-13-12-6-3-4-9-14(12)16-15(11)13;1-11-8-9-14(12(2)10-11)13-6-4-3-5-7-13;1-11-7-5-6-10-13(11)12-8-3-2-4-9-12;1-4-7-8(5-2)6-3/h7-12H,1-2H2,3-6H3;3-4,6-7,9-10H,5,8H2,1-2H3;3-10H,1-2H3;2-10H,1H3;4-5,7H,1-2,6H2,3H3/b;;;;8-7+. The maximum Gasteiger partial charge on any atom is 0.135 e. The van der Waals surface area contributed by atoms with E-state index in [1.165, 1.54) is 106 Å². The van der Waals surface area contributed by atoms with Crippen molar-refractivity contribution in [3.63, 3.8) is 0 Å². The van der Waals surface area contributed by atoms with Gasteiger partial charge >= 0.3 is 0 Å². The number of fused-ring (bicyclic) bond motifs is 6. The second-order valence-electron chi connectivity index (χ2n) is 19.7. The van der Waals surface area contributed by atoms with Crippen LogP contribution in [0, 0.1) is 40.5 Å². The first-order valence-electron chi connectivity index (χ1n) is 25.6. The Morgan fingerprint density at radius 2 is 1.17 bits per heavy atom. The van der Waals surface area contributed by atoms with Gasteiger partial charge in [-0.05, 0) is 149 Å². The lowest BCUT2D eigenvalue weighted by molar-refractivity contribution is 0.578. The van der Waals surface area contributed by atoms with Gasteiger partial charge in [0.1, 0.15) is 11.3 Å². The van der Waals surface area contributed by atoms with Crippen molar-refractivity contribution in [2.75, 3.05) is 0 Å². The third kappa shape index (κ3) is 12.5. The van der Waals surface area contributed by atoms with Crippen molar-refractivity contribution in [3.8, 4) is 33.4 Å². The number of allylic oxidation sites excluding steroid dienone is 6. The Balaban J connectivity index is 0.000000152. The van der Waals surface area contributed by atoms with Crippen LogP contribution in [0.25, 0.3) is 62.1 Å². The molecule has 0 bridgehead atoms. The second kappa shape index (κ2) is 25.1. The predicted octanol–water partition coefficient (Wildman–Crippen LogP) is 20.6. The van der Waals surface area contributed by atoms with Gasteiger partial charge in [0.25, 0.3) is 0 Å². The maximum absolute atomic E-state index is 6.00. The number of benzene rings is 7. The van der Waals surface area contributed by atoms with Gasteiger partial charge in [0.05, 0.1) is 0 Å². The van der Waals surface area contributed by atoms with E-state index in [2.05, 4.69) is 235 Å². The third-order valence-electron chi connectivity index (χ3n) is 13.9. The number of para-hydroxylation sites is 1. The zero-order valence-corrected chi connectivity index (χ0v) is 44.8. The molecule has 0 amide bonds. The van der Waals surface area contributed by atoms with E-state index >= 15 is 0 Å². The lowest BCUT2D eigenvalue weighted by Crippen LogP contribution is -2.15. The van der Waals surface area contributed by atoms with Gasteiger partial charge in [0.15, 0.2) is 0 Å². The summed E-state index contributed by atoms with van der Waals surface area (Å²) in [4.78, 5) is 0. The van der Waals surface area contributed by atoms with Crippen molar-refractivity contribution >= 4 is 28.7 Å². The third-order valence-corrected chi connectivity index (χ3v) is 13.9. The first-order valence-corrected chi connectivity index (χ1v) is 25.6. The molecule has 8 aromatic rings.